The third-order valence-electron chi connectivity index (χ3n) is 4.05. The number of nitrogens with one attached hydrogen (secondary N) is 1. The number of hydrogen-bond donors (Lipinski definition) is 3. The summed E-state index contributed by atoms with van der Waals surface area (Å²) in [4.78, 5) is 15.3. The second-order valence-electron chi connectivity index (χ2n) is 6.28. The zero-order chi connectivity index (χ0) is 20.3. The van der Waals surface area contributed by atoms with Gasteiger partial charge in [-0.05, 0) is 51.7 Å². The number of carbonyl (C=O) groups is 1. The van der Waals surface area contributed by atoms with Crippen molar-refractivity contribution < 1.29 is 28.5 Å². The van der Waals surface area contributed by atoms with Crippen molar-refractivity contribution in [2.45, 2.75) is 11.5 Å². The van der Waals surface area contributed by atoms with Crippen LogP contribution in [0.4, 0.5) is 13.6 Å². The highest BCUT2D eigenvalue weighted by Crippen LogP contribution is 2.30. The van der Waals surface area contributed by atoms with Gasteiger partial charge in [0.05, 0.1) is 18.9 Å². The van der Waals surface area contributed by atoms with Gasteiger partial charge < -0.3 is 20.3 Å². The molecule has 0 bridgehead atoms. The zero-order valence-electron chi connectivity index (χ0n) is 14.4. The topological polar surface area (TPSA) is 91.7 Å². The molecular formula is C19H15BrF2N2O4. The minimum atomic E-state index is -1.28. The lowest BCUT2D eigenvalue weighted by atomic mass is 9.94. The Bertz CT molecular complexity index is 950. The van der Waals surface area contributed by atoms with Crippen molar-refractivity contribution in [1.29, 1.82) is 0 Å². The number of carboxylic acid groups (broad SMARTS) is 1. The van der Waals surface area contributed by atoms with Crippen molar-refractivity contribution in [3.8, 4) is 11.8 Å². The smallest absolute Gasteiger partial charge is 0.404 e. The van der Waals surface area contributed by atoms with E-state index in [-0.39, 0.29) is 25.3 Å². The molecule has 2 heterocycles. The van der Waals surface area contributed by atoms with E-state index in [1.807, 2.05) is 0 Å². The van der Waals surface area contributed by atoms with Gasteiger partial charge in [0, 0.05) is 23.0 Å². The first-order valence-electron chi connectivity index (χ1n) is 8.18. The molecule has 2 aromatic rings. The highest BCUT2D eigenvalue weighted by atomic mass is 79.9. The molecule has 1 saturated heterocycles. The van der Waals surface area contributed by atoms with E-state index < -0.39 is 29.2 Å². The molecule has 9 heteroatoms. The van der Waals surface area contributed by atoms with E-state index in [0.717, 1.165) is 18.2 Å². The van der Waals surface area contributed by atoms with Crippen LogP contribution in [0.2, 0.25) is 0 Å². The van der Waals surface area contributed by atoms with Crippen molar-refractivity contribution in [2.24, 2.45) is 0 Å². The molecule has 3 N–H and O–H groups in total. The predicted octanol–water partition coefficient (Wildman–Crippen LogP) is 2.63. The van der Waals surface area contributed by atoms with Crippen LogP contribution in [-0.4, -0.2) is 46.6 Å². The molecule has 146 valence electrons. The van der Waals surface area contributed by atoms with E-state index in [9.17, 15) is 18.7 Å². The third-order valence-corrected chi connectivity index (χ3v) is 4.72. The first-order chi connectivity index (χ1) is 13.3. The number of benzene rings is 1. The average molecular weight is 453 g/mol. The van der Waals surface area contributed by atoms with E-state index >= 15 is 0 Å². The summed E-state index contributed by atoms with van der Waals surface area (Å²) in [6.07, 6.45) is -1.28. The van der Waals surface area contributed by atoms with Crippen molar-refractivity contribution in [2.75, 3.05) is 19.8 Å². The molecule has 0 aliphatic carbocycles. The Kier molecular flexibility index (Phi) is 5.93. The maximum atomic E-state index is 13.7. The Balaban J connectivity index is 2.00. The minimum Gasteiger partial charge on any atom is -0.465 e. The van der Waals surface area contributed by atoms with Gasteiger partial charge in [-0.1, -0.05) is 5.92 Å². The van der Waals surface area contributed by atoms with Crippen LogP contribution in [0.5, 0.6) is 0 Å². The quantitative estimate of drug-likeness (QED) is 0.620. The van der Waals surface area contributed by atoms with Gasteiger partial charge in [0.1, 0.15) is 17.3 Å². The number of hydrogen-bond acceptors (Lipinski definition) is 4. The number of pyridine rings is 1. The van der Waals surface area contributed by atoms with Crippen LogP contribution in [0, 0.1) is 23.5 Å². The Morgan fingerprint density at radius 1 is 1.32 bits per heavy atom. The van der Waals surface area contributed by atoms with Crippen LogP contribution in [0.15, 0.2) is 34.8 Å². The van der Waals surface area contributed by atoms with Crippen molar-refractivity contribution in [3.05, 3.63) is 63.4 Å². The Morgan fingerprint density at radius 3 is 2.57 bits per heavy atom. The number of amides is 1. The van der Waals surface area contributed by atoms with Crippen LogP contribution in [0.1, 0.15) is 22.9 Å². The maximum absolute atomic E-state index is 13.7. The molecule has 1 aromatic heterocycles. The van der Waals surface area contributed by atoms with Crippen LogP contribution in [0.25, 0.3) is 0 Å². The Morgan fingerprint density at radius 2 is 2.00 bits per heavy atom. The average Bonchev–Trinajstić information content (AvgIpc) is 2.59. The van der Waals surface area contributed by atoms with Crippen molar-refractivity contribution >= 4 is 22.0 Å². The zero-order valence-corrected chi connectivity index (χ0v) is 16.0. The summed E-state index contributed by atoms with van der Waals surface area (Å²) in [5.74, 6) is 3.09. The summed E-state index contributed by atoms with van der Waals surface area (Å²) < 4.78 is 32.9. The number of ether oxygens (including phenoxy) is 1. The van der Waals surface area contributed by atoms with Gasteiger partial charge in [-0.25, -0.2) is 18.6 Å². The maximum Gasteiger partial charge on any atom is 0.404 e. The van der Waals surface area contributed by atoms with Crippen LogP contribution in [-0.2, 0) is 4.74 Å². The number of rotatable bonds is 4. The van der Waals surface area contributed by atoms with Crippen LogP contribution < -0.4 is 5.32 Å². The minimum absolute atomic E-state index is 0.108. The number of nitrogens with zero attached hydrogens (tertiary/aromatic N) is 1. The van der Waals surface area contributed by atoms with Gasteiger partial charge in [0.25, 0.3) is 0 Å². The van der Waals surface area contributed by atoms with Crippen LogP contribution in [0.3, 0.4) is 0 Å². The molecule has 6 nitrogen and oxygen atoms in total. The predicted molar refractivity (Wildman–Crippen MR) is 98.8 cm³/mol. The van der Waals surface area contributed by atoms with Crippen LogP contribution >= 0.6 is 15.9 Å². The van der Waals surface area contributed by atoms with Gasteiger partial charge in [0.15, 0.2) is 5.60 Å². The van der Waals surface area contributed by atoms with E-state index in [4.69, 9.17) is 9.84 Å². The summed E-state index contributed by atoms with van der Waals surface area (Å²) in [5.41, 5.74) is -0.334. The number of aliphatic hydroxyl groups is 1. The molecule has 1 atom stereocenters. The summed E-state index contributed by atoms with van der Waals surface area (Å²) >= 11 is 3.35. The molecule has 0 radical (unpaired) electrons. The third kappa shape index (κ3) is 4.84. The standard InChI is InChI=1S/C19H15BrF2N2O4/c20-16-2-1-14(3-4-19(27)9-28-10-19)24-17(16)15(8-23-18(25)26)11-5-12(21)7-13(22)6-11/h1-2,5-7,15,23,27H,8-10H2,(H,25,26). The van der Waals surface area contributed by atoms with Crippen molar-refractivity contribution in [1.82, 2.24) is 10.3 Å². The summed E-state index contributed by atoms with van der Waals surface area (Å²) in [6, 6.07) is 6.24. The summed E-state index contributed by atoms with van der Waals surface area (Å²) in [5, 5.41) is 21.2. The first kappa shape index (κ1) is 20.2. The molecule has 0 saturated carbocycles. The number of halogens is 3. The van der Waals surface area contributed by atoms with Gasteiger partial charge in [-0.15, -0.1) is 0 Å². The van der Waals surface area contributed by atoms with Gasteiger partial charge >= 0.3 is 6.09 Å². The molecule has 1 aliphatic heterocycles. The van der Waals surface area contributed by atoms with Gasteiger partial charge in [-0.2, -0.15) is 0 Å². The summed E-state index contributed by atoms with van der Waals surface area (Å²) in [6.45, 7) is 0.0622. The second kappa shape index (κ2) is 8.22. The molecule has 1 aromatic carbocycles. The Hall–Kier alpha value is -2.54. The monoisotopic (exact) mass is 452 g/mol. The van der Waals surface area contributed by atoms with E-state index in [1.165, 1.54) is 0 Å². The lowest BCUT2D eigenvalue weighted by Gasteiger charge is -2.30. The molecular weight excluding hydrogens is 438 g/mol. The lowest BCUT2D eigenvalue weighted by Crippen LogP contribution is -2.48. The molecule has 28 heavy (non-hydrogen) atoms. The van der Waals surface area contributed by atoms with E-state index in [1.54, 1.807) is 12.1 Å². The fourth-order valence-electron chi connectivity index (χ4n) is 2.66. The molecule has 1 unspecified atom stereocenters. The highest BCUT2D eigenvalue weighted by Gasteiger charge is 2.34. The fourth-order valence-corrected chi connectivity index (χ4v) is 3.16. The largest absolute Gasteiger partial charge is 0.465 e. The normalized spacial score (nSPS) is 15.7. The first-order valence-corrected chi connectivity index (χ1v) is 8.97. The van der Waals surface area contributed by atoms with Gasteiger partial charge in [0.2, 0.25) is 0 Å². The highest BCUT2D eigenvalue weighted by molar-refractivity contribution is 9.10. The van der Waals surface area contributed by atoms with Gasteiger partial charge in [-0.3, -0.25) is 0 Å². The molecule has 1 aliphatic rings. The van der Waals surface area contributed by atoms with E-state index in [2.05, 4.69) is 38.1 Å². The molecule has 3 rings (SSSR count). The fraction of sp³-hybridized carbons (Fsp3) is 0.263. The number of aromatic nitrogens is 1. The lowest BCUT2D eigenvalue weighted by molar-refractivity contribution is -0.140. The molecule has 1 fully saturated rings. The second-order valence-corrected chi connectivity index (χ2v) is 7.13. The Labute approximate surface area is 167 Å². The SMILES string of the molecule is O=C(O)NCC(c1cc(F)cc(F)c1)c1nc(C#CC2(O)COC2)ccc1Br. The molecule has 1 amide bonds. The van der Waals surface area contributed by atoms with E-state index in [0.29, 0.717) is 15.9 Å². The summed E-state index contributed by atoms with van der Waals surface area (Å²) in [7, 11) is 0. The van der Waals surface area contributed by atoms with Crippen molar-refractivity contribution in [3.63, 3.8) is 0 Å². The molecule has 0 spiro atoms.